The van der Waals surface area contributed by atoms with Crippen molar-refractivity contribution in [3.8, 4) is 0 Å². The molecule has 21 heavy (non-hydrogen) atoms. The maximum Gasteiger partial charge on any atom is 0.314 e. The summed E-state index contributed by atoms with van der Waals surface area (Å²) in [5.41, 5.74) is 2.60. The van der Waals surface area contributed by atoms with Gasteiger partial charge in [0, 0.05) is 31.9 Å². The van der Waals surface area contributed by atoms with Crippen molar-refractivity contribution in [3.63, 3.8) is 0 Å². The number of urea groups is 1. The van der Waals surface area contributed by atoms with Gasteiger partial charge in [-0.3, -0.25) is 0 Å². The smallest absolute Gasteiger partial charge is 0.314 e. The van der Waals surface area contributed by atoms with Gasteiger partial charge in [-0.25, -0.2) is 4.79 Å². The van der Waals surface area contributed by atoms with E-state index in [-0.39, 0.29) is 6.03 Å². The zero-order valence-electron chi connectivity index (χ0n) is 13.0. The molecule has 0 unspecified atom stereocenters. The summed E-state index contributed by atoms with van der Waals surface area (Å²) in [7, 11) is 0. The van der Waals surface area contributed by atoms with Crippen LogP contribution in [0.2, 0.25) is 0 Å². The van der Waals surface area contributed by atoms with Gasteiger partial charge in [0.25, 0.3) is 0 Å². The molecule has 0 aliphatic carbocycles. The Bertz CT molecular complexity index is 424. The van der Waals surface area contributed by atoms with Crippen molar-refractivity contribution in [2.24, 2.45) is 0 Å². The summed E-state index contributed by atoms with van der Waals surface area (Å²) in [5.74, 6) is 0. The number of nitrogens with zero attached hydrogens (tertiary/aromatic N) is 1. The highest BCUT2D eigenvalue weighted by molar-refractivity contribution is 5.73. The van der Waals surface area contributed by atoms with Crippen LogP contribution in [0.15, 0.2) is 24.3 Å². The highest BCUT2D eigenvalue weighted by Gasteiger charge is 2.10. The Morgan fingerprint density at radius 2 is 1.71 bits per heavy atom. The number of hydrogen-bond acceptors (Lipinski definition) is 2. The molecule has 0 atom stereocenters. The summed E-state index contributed by atoms with van der Waals surface area (Å²) in [6.45, 7) is 5.82. The van der Waals surface area contributed by atoms with Crippen LogP contribution < -0.4 is 15.5 Å². The molecular weight excluding hydrogens is 262 g/mol. The second-order valence-electron chi connectivity index (χ2n) is 5.65. The van der Waals surface area contributed by atoms with Gasteiger partial charge in [0.1, 0.15) is 0 Å². The van der Waals surface area contributed by atoms with Gasteiger partial charge in [-0.15, -0.1) is 0 Å². The second-order valence-corrected chi connectivity index (χ2v) is 5.65. The van der Waals surface area contributed by atoms with E-state index in [1.54, 1.807) is 0 Å². The lowest BCUT2D eigenvalue weighted by Gasteiger charge is -2.28. The zero-order chi connectivity index (χ0) is 14.9. The van der Waals surface area contributed by atoms with Crippen molar-refractivity contribution < 1.29 is 4.79 Å². The molecule has 1 aliphatic heterocycles. The molecule has 1 saturated heterocycles. The minimum atomic E-state index is -0.0678. The standard InChI is InChI=1S/C17H27N3O/c1-2-11-18-17(21)19-12-10-15-6-8-16(9-7-15)20-13-4-3-5-14-20/h6-9H,2-5,10-14H2,1H3,(H2,18,19,21). The van der Waals surface area contributed by atoms with Gasteiger partial charge in [0.15, 0.2) is 0 Å². The van der Waals surface area contributed by atoms with Crippen molar-refractivity contribution >= 4 is 11.7 Å². The molecule has 2 amide bonds. The Balaban J connectivity index is 1.73. The molecule has 0 radical (unpaired) electrons. The molecule has 2 N–H and O–H groups in total. The third-order valence-corrected chi connectivity index (χ3v) is 3.89. The van der Waals surface area contributed by atoms with E-state index in [4.69, 9.17) is 0 Å². The van der Waals surface area contributed by atoms with Crippen molar-refractivity contribution in [1.29, 1.82) is 0 Å². The number of rotatable bonds is 6. The lowest BCUT2D eigenvalue weighted by atomic mass is 10.1. The average molecular weight is 289 g/mol. The summed E-state index contributed by atoms with van der Waals surface area (Å²) in [6.07, 6.45) is 5.81. The molecule has 116 valence electrons. The average Bonchev–Trinajstić information content (AvgIpc) is 2.54. The highest BCUT2D eigenvalue weighted by Crippen LogP contribution is 2.20. The van der Waals surface area contributed by atoms with E-state index in [0.717, 1.165) is 19.4 Å². The Labute approximate surface area is 127 Å². The monoisotopic (exact) mass is 289 g/mol. The third kappa shape index (κ3) is 5.29. The number of carbonyl (C=O) groups is 1. The lowest BCUT2D eigenvalue weighted by molar-refractivity contribution is 0.241. The van der Waals surface area contributed by atoms with E-state index in [1.165, 1.54) is 43.6 Å². The van der Waals surface area contributed by atoms with Crippen LogP contribution in [0.1, 0.15) is 38.2 Å². The molecule has 1 fully saturated rings. The maximum absolute atomic E-state index is 11.4. The number of carbonyl (C=O) groups excluding carboxylic acids is 1. The summed E-state index contributed by atoms with van der Waals surface area (Å²) in [6, 6.07) is 8.70. The molecule has 1 heterocycles. The predicted molar refractivity (Wildman–Crippen MR) is 87.9 cm³/mol. The molecule has 0 bridgehead atoms. The third-order valence-electron chi connectivity index (χ3n) is 3.89. The van der Waals surface area contributed by atoms with Crippen molar-refractivity contribution in [3.05, 3.63) is 29.8 Å². The molecule has 1 aromatic carbocycles. The van der Waals surface area contributed by atoms with Crippen LogP contribution in [0.5, 0.6) is 0 Å². The number of anilines is 1. The van der Waals surface area contributed by atoms with Crippen LogP contribution in [0, 0.1) is 0 Å². The minimum Gasteiger partial charge on any atom is -0.372 e. The first kappa shape index (κ1) is 15.7. The quantitative estimate of drug-likeness (QED) is 0.845. The number of hydrogen-bond donors (Lipinski definition) is 2. The molecule has 0 aromatic heterocycles. The van der Waals surface area contributed by atoms with E-state index in [2.05, 4.69) is 39.8 Å². The van der Waals surface area contributed by atoms with Crippen molar-refractivity contribution in [2.75, 3.05) is 31.1 Å². The van der Waals surface area contributed by atoms with Gasteiger partial charge >= 0.3 is 6.03 Å². The van der Waals surface area contributed by atoms with Gasteiger partial charge in [0.2, 0.25) is 0 Å². The van der Waals surface area contributed by atoms with Crippen LogP contribution in [0.4, 0.5) is 10.5 Å². The van der Waals surface area contributed by atoms with Crippen LogP contribution in [0.25, 0.3) is 0 Å². The number of nitrogens with one attached hydrogen (secondary N) is 2. The van der Waals surface area contributed by atoms with Gasteiger partial charge in [-0.05, 0) is 49.8 Å². The molecular formula is C17H27N3O. The van der Waals surface area contributed by atoms with Gasteiger partial charge in [-0.2, -0.15) is 0 Å². The summed E-state index contributed by atoms with van der Waals surface area (Å²) in [5, 5.41) is 5.70. The highest BCUT2D eigenvalue weighted by atomic mass is 16.2. The van der Waals surface area contributed by atoms with Crippen LogP contribution in [0.3, 0.4) is 0 Å². The fraction of sp³-hybridized carbons (Fsp3) is 0.588. The number of piperidine rings is 1. The fourth-order valence-corrected chi connectivity index (χ4v) is 2.65. The normalized spacial score (nSPS) is 14.8. The Kier molecular flexibility index (Phi) is 6.38. The van der Waals surface area contributed by atoms with E-state index < -0.39 is 0 Å². The Morgan fingerprint density at radius 1 is 1.05 bits per heavy atom. The molecule has 0 spiro atoms. The van der Waals surface area contributed by atoms with E-state index >= 15 is 0 Å². The SMILES string of the molecule is CCCNC(=O)NCCc1ccc(N2CCCCC2)cc1. The second kappa shape index (κ2) is 8.55. The fourth-order valence-electron chi connectivity index (χ4n) is 2.65. The van der Waals surface area contributed by atoms with Crippen LogP contribution in [-0.4, -0.2) is 32.2 Å². The Hall–Kier alpha value is -1.71. The summed E-state index contributed by atoms with van der Waals surface area (Å²) in [4.78, 5) is 13.9. The first-order chi connectivity index (χ1) is 10.3. The van der Waals surface area contributed by atoms with Crippen molar-refractivity contribution in [2.45, 2.75) is 39.0 Å². The van der Waals surface area contributed by atoms with Crippen LogP contribution >= 0.6 is 0 Å². The topological polar surface area (TPSA) is 44.4 Å². The molecule has 1 aliphatic rings. The molecule has 2 rings (SSSR count). The van der Waals surface area contributed by atoms with E-state index in [1.807, 2.05) is 6.92 Å². The molecule has 4 heteroatoms. The van der Waals surface area contributed by atoms with Gasteiger partial charge in [0.05, 0.1) is 0 Å². The Morgan fingerprint density at radius 3 is 2.38 bits per heavy atom. The van der Waals surface area contributed by atoms with E-state index in [9.17, 15) is 4.79 Å². The molecule has 4 nitrogen and oxygen atoms in total. The first-order valence-electron chi connectivity index (χ1n) is 8.15. The lowest BCUT2D eigenvalue weighted by Crippen LogP contribution is -2.36. The van der Waals surface area contributed by atoms with Crippen molar-refractivity contribution in [1.82, 2.24) is 10.6 Å². The largest absolute Gasteiger partial charge is 0.372 e. The molecule has 0 saturated carbocycles. The maximum atomic E-state index is 11.4. The predicted octanol–water partition coefficient (Wildman–Crippen LogP) is 2.93. The summed E-state index contributed by atoms with van der Waals surface area (Å²) < 4.78 is 0. The van der Waals surface area contributed by atoms with Crippen LogP contribution in [-0.2, 0) is 6.42 Å². The zero-order valence-corrected chi connectivity index (χ0v) is 13.0. The minimum absolute atomic E-state index is 0.0678. The van der Waals surface area contributed by atoms with Gasteiger partial charge in [-0.1, -0.05) is 19.1 Å². The summed E-state index contributed by atoms with van der Waals surface area (Å²) >= 11 is 0. The van der Waals surface area contributed by atoms with Gasteiger partial charge < -0.3 is 15.5 Å². The van der Waals surface area contributed by atoms with E-state index in [0.29, 0.717) is 6.54 Å². The first-order valence-corrected chi connectivity index (χ1v) is 8.15. The number of amides is 2. The molecule has 1 aromatic rings. The number of benzene rings is 1.